The Morgan fingerprint density at radius 2 is 2.10 bits per heavy atom. The highest BCUT2D eigenvalue weighted by Gasteiger charge is 2.03. The molecule has 0 heterocycles. The Bertz CT molecular complexity index is 204. The molecule has 0 fully saturated rings. The lowest BCUT2D eigenvalue weighted by molar-refractivity contribution is 0.898. The summed E-state index contributed by atoms with van der Waals surface area (Å²) < 4.78 is 1.04. The first-order valence-corrected chi connectivity index (χ1v) is 3.55. The summed E-state index contributed by atoms with van der Waals surface area (Å²) in [4.78, 5) is 0. The van der Waals surface area contributed by atoms with Crippen LogP contribution in [0.5, 0.6) is 0 Å². The van der Waals surface area contributed by atoms with Crippen molar-refractivity contribution in [1.29, 1.82) is 0 Å². The summed E-state index contributed by atoms with van der Waals surface area (Å²) in [5.74, 6) is 0. The number of halogens is 2. The van der Waals surface area contributed by atoms with Gasteiger partial charge in [0.25, 0.3) is 0 Å². The Kier molecular flexibility index (Phi) is 2.41. The number of nitrogens with zero attached hydrogens (tertiary/aromatic N) is 1. The van der Waals surface area contributed by atoms with Crippen LogP contribution in [0.4, 0.5) is 0 Å². The average molecular weight is 176 g/mol. The third-order valence-electron chi connectivity index (χ3n) is 1.26. The maximum Gasteiger partial charge on any atom is 0.0673 e. The van der Waals surface area contributed by atoms with Crippen molar-refractivity contribution in [1.82, 2.24) is 3.94 Å². The van der Waals surface area contributed by atoms with Crippen molar-refractivity contribution in [3.63, 3.8) is 0 Å². The number of rotatable bonds is 1. The minimum absolute atomic E-state index is 0.802. The molecule has 0 bridgehead atoms. The highest BCUT2D eigenvalue weighted by Crippen LogP contribution is 2.20. The third kappa shape index (κ3) is 1.79. The smallest absolute Gasteiger partial charge is 0.0673 e. The first-order chi connectivity index (χ1) is 4.70. The fourth-order valence-corrected chi connectivity index (χ4v) is 0.951. The van der Waals surface area contributed by atoms with E-state index in [0.29, 0.717) is 0 Å². The minimum atomic E-state index is 0.802. The van der Waals surface area contributed by atoms with Crippen LogP contribution >= 0.6 is 23.6 Å². The van der Waals surface area contributed by atoms with Gasteiger partial charge in [-0.3, -0.25) is 0 Å². The molecule has 0 amide bonds. The van der Waals surface area contributed by atoms with E-state index >= 15 is 0 Å². The van der Waals surface area contributed by atoms with Crippen molar-refractivity contribution in [2.24, 2.45) is 0 Å². The fraction of sp³-hybridized carbons (Fsp3) is 0.143. The van der Waals surface area contributed by atoms with Gasteiger partial charge in [0.2, 0.25) is 0 Å². The van der Waals surface area contributed by atoms with E-state index in [1.54, 1.807) is 0 Å². The van der Waals surface area contributed by atoms with Gasteiger partial charge in [-0.05, 0) is 12.5 Å². The molecule has 0 spiro atoms. The predicted octanol–water partition coefficient (Wildman–Crippen LogP) is 3.00. The zero-order valence-electron chi connectivity index (χ0n) is 5.35. The molecule has 1 aliphatic carbocycles. The van der Waals surface area contributed by atoms with Crippen molar-refractivity contribution < 1.29 is 0 Å². The van der Waals surface area contributed by atoms with Crippen LogP contribution in [0.1, 0.15) is 6.42 Å². The molecule has 0 aliphatic heterocycles. The molecule has 0 radical (unpaired) electrons. The zero-order chi connectivity index (χ0) is 7.56. The van der Waals surface area contributed by atoms with E-state index in [9.17, 15) is 0 Å². The quantitative estimate of drug-likeness (QED) is 0.555. The van der Waals surface area contributed by atoms with Gasteiger partial charge < -0.3 is 0 Å². The van der Waals surface area contributed by atoms with E-state index < -0.39 is 0 Å². The molecule has 0 N–H and O–H groups in total. The summed E-state index contributed by atoms with van der Waals surface area (Å²) in [6, 6.07) is 0. The molecular formula is C7H7Cl2N. The van der Waals surface area contributed by atoms with E-state index in [-0.39, 0.29) is 0 Å². The van der Waals surface area contributed by atoms with Gasteiger partial charge in [-0.25, -0.2) is 0 Å². The van der Waals surface area contributed by atoms with Gasteiger partial charge in [-0.15, -0.1) is 0 Å². The highest BCUT2D eigenvalue weighted by atomic mass is 35.5. The Balaban J connectivity index is 2.67. The van der Waals surface area contributed by atoms with Gasteiger partial charge in [0.1, 0.15) is 0 Å². The normalized spacial score (nSPS) is 17.0. The van der Waals surface area contributed by atoms with E-state index in [1.165, 1.54) is 0 Å². The number of allylic oxidation sites excluding steroid dienone is 4. The van der Waals surface area contributed by atoms with E-state index in [1.807, 2.05) is 18.2 Å². The first kappa shape index (κ1) is 7.70. The molecule has 0 unspecified atom stereocenters. The van der Waals surface area contributed by atoms with Gasteiger partial charge in [0, 0.05) is 23.6 Å². The second-order valence-electron chi connectivity index (χ2n) is 2.06. The summed E-state index contributed by atoms with van der Waals surface area (Å²) in [5.41, 5.74) is 1.87. The van der Waals surface area contributed by atoms with Gasteiger partial charge in [0.05, 0.1) is 5.70 Å². The summed E-state index contributed by atoms with van der Waals surface area (Å²) in [6.07, 6.45) is 6.46. The third-order valence-corrected chi connectivity index (χ3v) is 1.65. The monoisotopic (exact) mass is 175 g/mol. The Morgan fingerprint density at radius 3 is 2.50 bits per heavy atom. The summed E-state index contributed by atoms with van der Waals surface area (Å²) in [7, 11) is 0. The summed E-state index contributed by atoms with van der Waals surface area (Å²) in [5, 5.41) is 0. The molecular weight excluding hydrogens is 169 g/mol. The zero-order valence-corrected chi connectivity index (χ0v) is 6.86. The first-order valence-electron chi connectivity index (χ1n) is 2.88. The maximum absolute atomic E-state index is 5.45. The molecule has 0 aromatic carbocycles. The summed E-state index contributed by atoms with van der Waals surface area (Å²) in [6.45, 7) is 3.77. The van der Waals surface area contributed by atoms with E-state index in [4.69, 9.17) is 23.6 Å². The lowest BCUT2D eigenvalue weighted by atomic mass is 10.1. The van der Waals surface area contributed by atoms with Crippen molar-refractivity contribution in [2.45, 2.75) is 6.42 Å². The molecule has 1 nitrogen and oxygen atoms in total. The molecule has 10 heavy (non-hydrogen) atoms. The lowest BCUT2D eigenvalue weighted by Gasteiger charge is -2.10. The Hall–Kier alpha value is -0.400. The van der Waals surface area contributed by atoms with Crippen LogP contribution in [0.25, 0.3) is 0 Å². The molecule has 1 aliphatic rings. The van der Waals surface area contributed by atoms with E-state index in [2.05, 4.69) is 6.58 Å². The summed E-state index contributed by atoms with van der Waals surface area (Å²) >= 11 is 10.9. The number of hydrogen-bond acceptors (Lipinski definition) is 1. The standard InChI is InChI=1S/C7H7Cl2N/c1-6-2-4-7(5-3-6)10(8)9/h2,4-5H,1,3H2. The largest absolute Gasteiger partial charge is 0.194 e. The second kappa shape index (κ2) is 3.13. The molecule has 0 aromatic heterocycles. The molecule has 0 atom stereocenters. The molecule has 54 valence electrons. The van der Waals surface area contributed by atoms with Crippen LogP contribution in [0, 0.1) is 0 Å². The van der Waals surface area contributed by atoms with Crippen molar-refractivity contribution in [3.05, 3.63) is 36.1 Å². The molecule has 3 heteroatoms. The lowest BCUT2D eigenvalue weighted by Crippen LogP contribution is -1.97. The van der Waals surface area contributed by atoms with Crippen LogP contribution in [0.3, 0.4) is 0 Å². The Morgan fingerprint density at radius 1 is 1.40 bits per heavy atom. The molecule has 0 saturated carbocycles. The van der Waals surface area contributed by atoms with Gasteiger partial charge in [-0.2, -0.15) is 3.94 Å². The van der Waals surface area contributed by atoms with Gasteiger partial charge >= 0.3 is 0 Å². The minimum Gasteiger partial charge on any atom is -0.194 e. The van der Waals surface area contributed by atoms with Gasteiger partial charge in [-0.1, -0.05) is 24.3 Å². The van der Waals surface area contributed by atoms with Crippen LogP contribution < -0.4 is 0 Å². The van der Waals surface area contributed by atoms with Gasteiger partial charge in [0.15, 0.2) is 0 Å². The average Bonchev–Trinajstić information content (AvgIpc) is 1.88. The second-order valence-corrected chi connectivity index (χ2v) is 2.91. The van der Waals surface area contributed by atoms with Crippen LogP contribution in [0.15, 0.2) is 36.1 Å². The van der Waals surface area contributed by atoms with Crippen LogP contribution in [-0.4, -0.2) is 3.94 Å². The topological polar surface area (TPSA) is 3.24 Å². The molecule has 0 aromatic rings. The van der Waals surface area contributed by atoms with Crippen LogP contribution in [0.2, 0.25) is 0 Å². The predicted molar refractivity (Wildman–Crippen MR) is 44.5 cm³/mol. The van der Waals surface area contributed by atoms with E-state index in [0.717, 1.165) is 21.6 Å². The Labute approximate surface area is 70.4 Å². The van der Waals surface area contributed by atoms with Crippen molar-refractivity contribution >= 4 is 23.6 Å². The van der Waals surface area contributed by atoms with Crippen molar-refractivity contribution in [3.8, 4) is 0 Å². The SMILES string of the molecule is C=C1C=CC(N(Cl)Cl)=CC1. The molecule has 0 saturated heterocycles. The maximum atomic E-state index is 5.45. The highest BCUT2D eigenvalue weighted by molar-refractivity contribution is 6.35. The number of hydrogen-bond donors (Lipinski definition) is 0. The fourth-order valence-electron chi connectivity index (χ4n) is 0.700. The van der Waals surface area contributed by atoms with Crippen molar-refractivity contribution in [2.75, 3.05) is 0 Å². The van der Waals surface area contributed by atoms with Crippen LogP contribution in [-0.2, 0) is 0 Å². The molecule has 1 rings (SSSR count).